The zero-order valence-electron chi connectivity index (χ0n) is 7.79. The standard InChI is InChI=1S/C7H12F3NO3S/c8-7(9,10)4-14-1-2-15-3-5(11)6(12)13/h5H,1-4,11H2,(H,12,13). The van der Waals surface area contributed by atoms with E-state index in [1.54, 1.807) is 0 Å². The molecule has 0 aliphatic heterocycles. The predicted molar refractivity (Wildman–Crippen MR) is 49.8 cm³/mol. The zero-order valence-corrected chi connectivity index (χ0v) is 8.61. The van der Waals surface area contributed by atoms with Crippen molar-refractivity contribution in [2.75, 3.05) is 24.7 Å². The molecule has 0 fully saturated rings. The molecule has 0 aliphatic rings. The second-order valence-electron chi connectivity index (χ2n) is 2.69. The van der Waals surface area contributed by atoms with Crippen molar-refractivity contribution in [2.45, 2.75) is 12.2 Å². The number of thioether (sulfide) groups is 1. The molecule has 0 saturated heterocycles. The monoisotopic (exact) mass is 247 g/mol. The summed E-state index contributed by atoms with van der Waals surface area (Å²) in [6.07, 6.45) is -4.32. The van der Waals surface area contributed by atoms with Crippen LogP contribution in [0.4, 0.5) is 13.2 Å². The maximum Gasteiger partial charge on any atom is 0.411 e. The van der Waals surface area contributed by atoms with E-state index < -0.39 is 24.8 Å². The SMILES string of the molecule is NC(CSCCOCC(F)(F)F)C(=O)O. The van der Waals surface area contributed by atoms with E-state index in [-0.39, 0.29) is 18.1 Å². The highest BCUT2D eigenvalue weighted by molar-refractivity contribution is 7.99. The van der Waals surface area contributed by atoms with Crippen LogP contribution in [-0.4, -0.2) is 48.0 Å². The van der Waals surface area contributed by atoms with Crippen molar-refractivity contribution in [3.8, 4) is 0 Å². The van der Waals surface area contributed by atoms with E-state index in [0.29, 0.717) is 0 Å². The molecule has 3 N–H and O–H groups in total. The summed E-state index contributed by atoms with van der Waals surface area (Å²) in [4.78, 5) is 10.2. The van der Waals surface area contributed by atoms with E-state index in [9.17, 15) is 18.0 Å². The highest BCUT2D eigenvalue weighted by atomic mass is 32.2. The van der Waals surface area contributed by atoms with Gasteiger partial charge in [-0.05, 0) is 0 Å². The Morgan fingerprint density at radius 3 is 2.60 bits per heavy atom. The maximum absolute atomic E-state index is 11.6. The number of hydrogen-bond acceptors (Lipinski definition) is 4. The topological polar surface area (TPSA) is 72.5 Å². The first-order valence-electron chi connectivity index (χ1n) is 4.03. The van der Waals surface area contributed by atoms with E-state index in [2.05, 4.69) is 4.74 Å². The molecule has 0 saturated carbocycles. The lowest BCUT2D eigenvalue weighted by Crippen LogP contribution is -2.32. The van der Waals surface area contributed by atoms with E-state index in [4.69, 9.17) is 10.8 Å². The summed E-state index contributed by atoms with van der Waals surface area (Å²) in [5.41, 5.74) is 5.16. The van der Waals surface area contributed by atoms with Crippen LogP contribution >= 0.6 is 11.8 Å². The number of nitrogens with two attached hydrogens (primary N) is 1. The summed E-state index contributed by atoms with van der Waals surface area (Å²) in [5, 5.41) is 8.37. The van der Waals surface area contributed by atoms with Crippen molar-refractivity contribution >= 4 is 17.7 Å². The third-order valence-electron chi connectivity index (χ3n) is 1.25. The number of aliphatic carboxylic acids is 1. The van der Waals surface area contributed by atoms with Crippen LogP contribution in [0.25, 0.3) is 0 Å². The number of carbonyl (C=O) groups is 1. The van der Waals surface area contributed by atoms with Gasteiger partial charge in [0.05, 0.1) is 6.61 Å². The molecule has 0 radical (unpaired) electrons. The minimum absolute atomic E-state index is 0.0729. The fourth-order valence-corrected chi connectivity index (χ4v) is 1.39. The summed E-state index contributed by atoms with van der Waals surface area (Å²) < 4.78 is 39.0. The van der Waals surface area contributed by atoms with Crippen molar-refractivity contribution in [1.29, 1.82) is 0 Å². The first-order chi connectivity index (χ1) is 6.83. The highest BCUT2D eigenvalue weighted by Gasteiger charge is 2.27. The van der Waals surface area contributed by atoms with E-state index in [1.165, 1.54) is 0 Å². The molecule has 90 valence electrons. The molecule has 0 aromatic carbocycles. The van der Waals surface area contributed by atoms with Crippen molar-refractivity contribution in [3.63, 3.8) is 0 Å². The zero-order chi connectivity index (χ0) is 11.9. The van der Waals surface area contributed by atoms with Gasteiger partial charge in [0.1, 0.15) is 12.6 Å². The fraction of sp³-hybridized carbons (Fsp3) is 0.857. The Kier molecular flexibility index (Phi) is 6.70. The molecule has 15 heavy (non-hydrogen) atoms. The molecule has 0 rings (SSSR count). The Morgan fingerprint density at radius 1 is 1.53 bits per heavy atom. The molecule has 0 spiro atoms. The molecular formula is C7H12F3NO3S. The Balaban J connectivity index is 3.29. The van der Waals surface area contributed by atoms with E-state index >= 15 is 0 Å². The number of ether oxygens (including phenoxy) is 1. The van der Waals surface area contributed by atoms with Crippen molar-refractivity contribution in [1.82, 2.24) is 0 Å². The molecule has 1 unspecified atom stereocenters. The highest BCUT2D eigenvalue weighted by Crippen LogP contribution is 2.14. The van der Waals surface area contributed by atoms with Crippen molar-refractivity contribution in [2.24, 2.45) is 5.73 Å². The van der Waals surface area contributed by atoms with Gasteiger partial charge in [0.2, 0.25) is 0 Å². The molecule has 0 bridgehead atoms. The lowest BCUT2D eigenvalue weighted by molar-refractivity contribution is -0.172. The van der Waals surface area contributed by atoms with Crippen LogP contribution in [0.5, 0.6) is 0 Å². The molecule has 8 heteroatoms. The van der Waals surface area contributed by atoms with Crippen LogP contribution in [0, 0.1) is 0 Å². The van der Waals surface area contributed by atoms with Gasteiger partial charge in [0.25, 0.3) is 0 Å². The van der Waals surface area contributed by atoms with Gasteiger partial charge >= 0.3 is 12.1 Å². The van der Waals surface area contributed by atoms with Gasteiger partial charge in [-0.15, -0.1) is 0 Å². The normalized spacial score (nSPS) is 13.9. The average Bonchev–Trinajstić information content (AvgIpc) is 2.08. The largest absolute Gasteiger partial charge is 0.480 e. The van der Waals surface area contributed by atoms with Crippen LogP contribution < -0.4 is 5.73 Å². The predicted octanol–water partition coefficient (Wildman–Crippen LogP) is 0.710. The van der Waals surface area contributed by atoms with Crippen LogP contribution in [0.1, 0.15) is 0 Å². The quantitative estimate of drug-likeness (QED) is 0.648. The molecule has 0 aromatic rings. The molecule has 0 heterocycles. The van der Waals surface area contributed by atoms with Crippen LogP contribution in [-0.2, 0) is 9.53 Å². The van der Waals surface area contributed by atoms with E-state index in [0.717, 1.165) is 11.8 Å². The fourth-order valence-electron chi connectivity index (χ4n) is 0.587. The van der Waals surface area contributed by atoms with Gasteiger partial charge in [-0.2, -0.15) is 24.9 Å². The smallest absolute Gasteiger partial charge is 0.411 e. The van der Waals surface area contributed by atoms with Crippen LogP contribution in [0.3, 0.4) is 0 Å². The third-order valence-corrected chi connectivity index (χ3v) is 2.30. The summed E-state index contributed by atoms with van der Waals surface area (Å²) >= 11 is 1.14. The van der Waals surface area contributed by atoms with Gasteiger partial charge in [-0.3, -0.25) is 4.79 Å². The van der Waals surface area contributed by atoms with Crippen molar-refractivity contribution in [3.05, 3.63) is 0 Å². The molecule has 0 amide bonds. The third kappa shape index (κ3) is 9.83. The van der Waals surface area contributed by atoms with Gasteiger partial charge in [0.15, 0.2) is 0 Å². The Labute approximate surface area is 89.0 Å². The molecule has 1 atom stereocenters. The number of hydrogen-bond donors (Lipinski definition) is 2. The molecule has 4 nitrogen and oxygen atoms in total. The van der Waals surface area contributed by atoms with Gasteiger partial charge in [-0.1, -0.05) is 0 Å². The number of carboxylic acid groups (broad SMARTS) is 1. The first-order valence-corrected chi connectivity index (χ1v) is 5.19. The summed E-state index contributed by atoms with van der Waals surface area (Å²) in [6.45, 7) is -1.35. The Hall–Kier alpha value is -0.470. The summed E-state index contributed by atoms with van der Waals surface area (Å²) in [7, 11) is 0. The number of rotatable bonds is 7. The first kappa shape index (κ1) is 14.5. The number of alkyl halides is 3. The van der Waals surface area contributed by atoms with Gasteiger partial charge in [0, 0.05) is 11.5 Å². The summed E-state index contributed by atoms with van der Waals surface area (Å²) in [5.74, 6) is -0.680. The molecule has 0 aliphatic carbocycles. The van der Waals surface area contributed by atoms with E-state index in [1.807, 2.05) is 0 Å². The lowest BCUT2D eigenvalue weighted by Gasteiger charge is -2.08. The average molecular weight is 247 g/mol. The molecular weight excluding hydrogens is 235 g/mol. The number of halogens is 3. The second kappa shape index (κ2) is 6.91. The maximum atomic E-state index is 11.6. The molecule has 0 aromatic heterocycles. The Morgan fingerprint density at radius 2 is 2.13 bits per heavy atom. The van der Waals surface area contributed by atoms with Crippen molar-refractivity contribution < 1.29 is 27.8 Å². The minimum atomic E-state index is -4.32. The van der Waals surface area contributed by atoms with Gasteiger partial charge in [-0.25, -0.2) is 0 Å². The number of carboxylic acids is 1. The van der Waals surface area contributed by atoms with Crippen LogP contribution in [0.15, 0.2) is 0 Å². The van der Waals surface area contributed by atoms with Crippen LogP contribution in [0.2, 0.25) is 0 Å². The minimum Gasteiger partial charge on any atom is -0.480 e. The Bertz CT molecular complexity index is 200. The summed E-state index contributed by atoms with van der Waals surface area (Å²) in [6, 6.07) is -0.988. The lowest BCUT2D eigenvalue weighted by atomic mass is 10.4. The van der Waals surface area contributed by atoms with Gasteiger partial charge < -0.3 is 15.6 Å². The second-order valence-corrected chi connectivity index (χ2v) is 3.84.